The van der Waals surface area contributed by atoms with Crippen LogP contribution >= 0.6 is 0 Å². The van der Waals surface area contributed by atoms with Gasteiger partial charge >= 0.3 is 0 Å². The number of nitrogens with one attached hydrogen (secondary N) is 1. The summed E-state index contributed by atoms with van der Waals surface area (Å²) in [7, 11) is -3.35. The van der Waals surface area contributed by atoms with E-state index in [1.165, 1.54) is 4.31 Å². The summed E-state index contributed by atoms with van der Waals surface area (Å²) >= 11 is 0. The monoisotopic (exact) mass is 540 g/mol. The molecule has 0 aromatic heterocycles. The summed E-state index contributed by atoms with van der Waals surface area (Å²) in [5, 5.41) is 11.6. The minimum absolute atomic E-state index is 0.0635. The van der Waals surface area contributed by atoms with E-state index in [2.05, 4.69) is 6.07 Å². The van der Waals surface area contributed by atoms with Gasteiger partial charge < -0.3 is 10.5 Å². The summed E-state index contributed by atoms with van der Waals surface area (Å²) in [4.78, 5) is 26.6. The molecule has 4 rings (SSSR count). The Bertz CT molecular complexity index is 1450. The maximum atomic E-state index is 12.7. The fourth-order valence-corrected chi connectivity index (χ4v) is 5.71. The molecule has 0 bridgehead atoms. The molecule has 10 nitrogen and oxygen atoms in total. The molecule has 1 fully saturated rings. The first kappa shape index (κ1) is 27.5. The number of primary amides is 1. The summed E-state index contributed by atoms with van der Waals surface area (Å²) in [6, 6.07) is 16.2. The van der Waals surface area contributed by atoms with Crippen LogP contribution in [0.2, 0.25) is 0 Å². The number of sulfonamides is 1. The Labute approximate surface area is 222 Å². The number of benzene rings is 3. The predicted octanol–water partition coefficient (Wildman–Crippen LogP) is 1.82. The third-order valence-electron chi connectivity index (χ3n) is 7.01. The third kappa shape index (κ3) is 6.13. The number of hydrogen-bond acceptors (Lipinski definition) is 7. The van der Waals surface area contributed by atoms with Crippen LogP contribution in [-0.4, -0.2) is 73.1 Å². The van der Waals surface area contributed by atoms with Crippen molar-refractivity contribution >= 4 is 32.6 Å². The van der Waals surface area contributed by atoms with Gasteiger partial charge in [-0.1, -0.05) is 36.4 Å². The Morgan fingerprint density at radius 1 is 1.08 bits per heavy atom. The maximum absolute atomic E-state index is 12.7. The Hall–Kier alpha value is -3.51. The molecule has 0 aliphatic carbocycles. The normalized spacial score (nSPS) is 15.8. The quantitative estimate of drug-likeness (QED) is 0.278. The molecule has 1 atom stereocenters. The number of ether oxygens (including phenoxy) is 1. The number of fused-ring (bicyclic) bond motifs is 1. The molecule has 0 saturated carbocycles. The average Bonchev–Trinajstić information content (AvgIpc) is 2.90. The van der Waals surface area contributed by atoms with E-state index in [-0.39, 0.29) is 38.2 Å². The molecule has 202 valence electrons. The zero-order valence-corrected chi connectivity index (χ0v) is 22.2. The average molecular weight is 541 g/mol. The predicted molar refractivity (Wildman–Crippen MR) is 143 cm³/mol. The minimum atomic E-state index is -3.35. The summed E-state index contributed by atoms with van der Waals surface area (Å²) in [5.74, 6) is -0.810. The van der Waals surface area contributed by atoms with Gasteiger partial charge in [-0.25, -0.2) is 13.9 Å². The lowest BCUT2D eigenvalue weighted by molar-refractivity contribution is -0.135. The van der Waals surface area contributed by atoms with E-state index in [1.54, 1.807) is 28.6 Å². The number of nitrogens with zero attached hydrogens (tertiary/aromatic N) is 2. The van der Waals surface area contributed by atoms with Crippen molar-refractivity contribution in [1.82, 2.24) is 14.7 Å². The molecule has 4 N–H and O–H groups in total. The standard InChI is InChI=1S/C27H32N4O6S/c1-18-7-8-19-5-3-4-6-22(19)24(18)17-37-21-9-10-23(26(28)32)20(15-21)16-25(27(33)29-34)30-11-13-31(14-12-30)38(2,35)36/h3-10,15,25,34H,11-14,16-17H2,1-2H3,(H2,28,32)(H,29,33)/t25-/m0/s1. The fraction of sp³-hybridized carbons (Fsp3) is 0.333. The second kappa shape index (κ2) is 11.5. The Kier molecular flexibility index (Phi) is 8.32. The van der Waals surface area contributed by atoms with E-state index >= 15 is 0 Å². The fourth-order valence-electron chi connectivity index (χ4n) is 4.88. The van der Waals surface area contributed by atoms with E-state index in [0.717, 1.165) is 28.2 Å². The van der Waals surface area contributed by atoms with Crippen molar-refractivity contribution < 1.29 is 28.0 Å². The van der Waals surface area contributed by atoms with Crippen LogP contribution < -0.4 is 16.0 Å². The van der Waals surface area contributed by atoms with E-state index in [0.29, 0.717) is 17.9 Å². The number of rotatable bonds is 9. The maximum Gasteiger partial charge on any atom is 0.261 e. The molecule has 0 unspecified atom stereocenters. The molecule has 1 aliphatic heterocycles. The number of nitrogens with two attached hydrogens (primary N) is 1. The highest BCUT2D eigenvalue weighted by Crippen LogP contribution is 2.26. The van der Waals surface area contributed by atoms with Crippen molar-refractivity contribution in [3.05, 3.63) is 76.9 Å². The Morgan fingerprint density at radius 3 is 2.45 bits per heavy atom. The first-order valence-corrected chi connectivity index (χ1v) is 14.1. The highest BCUT2D eigenvalue weighted by molar-refractivity contribution is 7.88. The second-order valence-electron chi connectivity index (χ2n) is 9.45. The minimum Gasteiger partial charge on any atom is -0.489 e. The van der Waals surface area contributed by atoms with Gasteiger partial charge in [-0.3, -0.25) is 19.7 Å². The highest BCUT2D eigenvalue weighted by atomic mass is 32.2. The Balaban J connectivity index is 1.58. The zero-order valence-electron chi connectivity index (χ0n) is 21.4. The van der Waals surface area contributed by atoms with Crippen molar-refractivity contribution in [2.45, 2.75) is 26.0 Å². The Morgan fingerprint density at radius 2 is 1.79 bits per heavy atom. The third-order valence-corrected chi connectivity index (χ3v) is 8.31. The number of carbonyl (C=O) groups excluding carboxylic acids is 2. The van der Waals surface area contributed by atoms with E-state index in [9.17, 15) is 23.2 Å². The van der Waals surface area contributed by atoms with Crippen molar-refractivity contribution in [2.75, 3.05) is 32.4 Å². The van der Waals surface area contributed by atoms with Crippen molar-refractivity contribution in [3.63, 3.8) is 0 Å². The molecular weight excluding hydrogens is 508 g/mol. The molecule has 2 amide bonds. The van der Waals surface area contributed by atoms with E-state index in [4.69, 9.17) is 10.5 Å². The molecule has 1 heterocycles. The highest BCUT2D eigenvalue weighted by Gasteiger charge is 2.32. The number of hydroxylamine groups is 1. The van der Waals surface area contributed by atoms with Gasteiger partial charge in [0.05, 0.1) is 12.3 Å². The van der Waals surface area contributed by atoms with Gasteiger partial charge in [-0.05, 0) is 53.4 Å². The summed E-state index contributed by atoms with van der Waals surface area (Å²) in [5.41, 5.74) is 10.2. The first-order chi connectivity index (χ1) is 18.1. The molecule has 3 aromatic rings. The number of amides is 2. The van der Waals surface area contributed by atoms with Crippen LogP contribution in [0.25, 0.3) is 10.8 Å². The molecule has 38 heavy (non-hydrogen) atoms. The van der Waals surface area contributed by atoms with Crippen LogP contribution in [0.4, 0.5) is 0 Å². The van der Waals surface area contributed by atoms with Crippen molar-refractivity contribution in [3.8, 4) is 5.75 Å². The first-order valence-electron chi connectivity index (χ1n) is 12.2. The number of carbonyl (C=O) groups is 2. The topological polar surface area (TPSA) is 142 Å². The van der Waals surface area contributed by atoms with Gasteiger partial charge in [-0.2, -0.15) is 4.31 Å². The van der Waals surface area contributed by atoms with Crippen LogP contribution in [-0.2, 0) is 27.8 Å². The van der Waals surface area contributed by atoms with Crippen LogP contribution in [0.5, 0.6) is 5.75 Å². The van der Waals surface area contributed by atoms with Crippen LogP contribution in [0.15, 0.2) is 54.6 Å². The van der Waals surface area contributed by atoms with E-state index in [1.807, 2.05) is 37.3 Å². The largest absolute Gasteiger partial charge is 0.489 e. The number of piperazine rings is 1. The van der Waals surface area contributed by atoms with Gasteiger partial charge in [0.1, 0.15) is 12.4 Å². The lowest BCUT2D eigenvalue weighted by Crippen LogP contribution is -2.56. The molecular formula is C27H32N4O6S. The number of hydrogen-bond donors (Lipinski definition) is 3. The summed E-state index contributed by atoms with van der Waals surface area (Å²) in [6.45, 7) is 3.32. The molecule has 11 heteroatoms. The van der Waals surface area contributed by atoms with Gasteiger partial charge in [0.2, 0.25) is 15.9 Å². The zero-order chi connectivity index (χ0) is 27.4. The molecule has 0 spiro atoms. The van der Waals surface area contributed by atoms with Gasteiger partial charge in [0, 0.05) is 37.3 Å². The van der Waals surface area contributed by atoms with Crippen molar-refractivity contribution in [1.29, 1.82) is 0 Å². The summed E-state index contributed by atoms with van der Waals surface area (Å²) in [6.07, 6.45) is 1.21. The van der Waals surface area contributed by atoms with Crippen molar-refractivity contribution in [2.24, 2.45) is 5.73 Å². The smallest absolute Gasteiger partial charge is 0.261 e. The van der Waals surface area contributed by atoms with Gasteiger partial charge in [-0.15, -0.1) is 0 Å². The lowest BCUT2D eigenvalue weighted by atomic mass is 9.97. The van der Waals surface area contributed by atoms with E-state index < -0.39 is 27.9 Å². The van der Waals surface area contributed by atoms with Gasteiger partial charge in [0.25, 0.3) is 5.91 Å². The SMILES string of the molecule is Cc1ccc2ccccc2c1COc1ccc(C(N)=O)c(C[C@@H](C(=O)NO)N2CCN(S(C)(=O)=O)CC2)c1. The van der Waals surface area contributed by atoms with Crippen LogP contribution in [0.3, 0.4) is 0 Å². The van der Waals surface area contributed by atoms with Crippen LogP contribution in [0, 0.1) is 6.92 Å². The molecule has 1 saturated heterocycles. The molecule has 0 radical (unpaired) electrons. The molecule has 3 aromatic carbocycles. The number of aryl methyl sites for hydroxylation is 1. The molecule has 1 aliphatic rings. The van der Waals surface area contributed by atoms with Gasteiger partial charge in [0.15, 0.2) is 0 Å². The van der Waals surface area contributed by atoms with Crippen LogP contribution in [0.1, 0.15) is 27.0 Å². The lowest BCUT2D eigenvalue weighted by Gasteiger charge is -2.37. The summed E-state index contributed by atoms with van der Waals surface area (Å²) < 4.78 is 31.2. The second-order valence-corrected chi connectivity index (χ2v) is 11.4.